The number of hydrogen-bond acceptors (Lipinski definition) is 2. The molecule has 0 aromatic heterocycles. The molecule has 0 saturated carbocycles. The molecule has 0 atom stereocenters. The predicted octanol–water partition coefficient (Wildman–Crippen LogP) is 2.74. The minimum atomic E-state index is -0.199. The van der Waals surface area contributed by atoms with Crippen molar-refractivity contribution in [2.45, 2.75) is 33.1 Å². The molecule has 124 valence electrons. The number of nitrogens with zero attached hydrogens (tertiary/aromatic N) is 1. The van der Waals surface area contributed by atoms with Crippen molar-refractivity contribution in [3.8, 4) is 0 Å². The summed E-state index contributed by atoms with van der Waals surface area (Å²) in [7, 11) is 0. The molecule has 1 aromatic rings. The summed E-state index contributed by atoms with van der Waals surface area (Å²) in [6.07, 6.45) is 3.08. The van der Waals surface area contributed by atoms with Gasteiger partial charge in [0.25, 0.3) is 0 Å². The molecular formula is C17H28FN3O. The Morgan fingerprint density at radius 2 is 1.91 bits per heavy atom. The number of guanidine groups is 1. The molecule has 0 bridgehead atoms. The molecule has 1 rings (SSSR count). The highest BCUT2D eigenvalue weighted by Crippen LogP contribution is 2.02. The van der Waals surface area contributed by atoms with Crippen molar-refractivity contribution in [3.63, 3.8) is 0 Å². The summed E-state index contributed by atoms with van der Waals surface area (Å²) in [5, 5.41) is 6.48. The first-order valence-electron chi connectivity index (χ1n) is 8.10. The molecule has 0 saturated heterocycles. The lowest BCUT2D eigenvalue weighted by Crippen LogP contribution is -2.38. The SMILES string of the molecule is CCCCOCCN=C(NCC)NCCc1ccc(F)cc1. The third-order valence-electron chi connectivity index (χ3n) is 3.11. The van der Waals surface area contributed by atoms with E-state index in [4.69, 9.17) is 4.74 Å². The lowest BCUT2D eigenvalue weighted by atomic mass is 10.1. The minimum absolute atomic E-state index is 0.199. The third kappa shape index (κ3) is 8.62. The third-order valence-corrected chi connectivity index (χ3v) is 3.11. The van der Waals surface area contributed by atoms with Gasteiger partial charge in [0.2, 0.25) is 0 Å². The van der Waals surface area contributed by atoms with Gasteiger partial charge in [-0.3, -0.25) is 4.99 Å². The second-order valence-electron chi connectivity index (χ2n) is 5.03. The fourth-order valence-corrected chi connectivity index (χ4v) is 1.89. The van der Waals surface area contributed by atoms with Crippen LogP contribution in [0.4, 0.5) is 4.39 Å². The lowest BCUT2D eigenvalue weighted by Gasteiger charge is -2.11. The van der Waals surface area contributed by atoms with Gasteiger partial charge in [-0.15, -0.1) is 0 Å². The van der Waals surface area contributed by atoms with Crippen molar-refractivity contribution in [3.05, 3.63) is 35.6 Å². The molecule has 1 aromatic carbocycles. The van der Waals surface area contributed by atoms with Crippen LogP contribution in [0, 0.1) is 5.82 Å². The smallest absolute Gasteiger partial charge is 0.191 e. The van der Waals surface area contributed by atoms with Crippen molar-refractivity contribution >= 4 is 5.96 Å². The van der Waals surface area contributed by atoms with Crippen molar-refractivity contribution in [1.29, 1.82) is 0 Å². The van der Waals surface area contributed by atoms with E-state index in [-0.39, 0.29) is 5.82 Å². The Hall–Kier alpha value is -1.62. The first-order chi connectivity index (χ1) is 10.8. The van der Waals surface area contributed by atoms with Crippen LogP contribution in [0.3, 0.4) is 0 Å². The summed E-state index contributed by atoms with van der Waals surface area (Å²) in [5.41, 5.74) is 1.10. The van der Waals surface area contributed by atoms with E-state index in [1.165, 1.54) is 12.1 Å². The van der Waals surface area contributed by atoms with Crippen LogP contribution in [0.1, 0.15) is 32.3 Å². The topological polar surface area (TPSA) is 45.6 Å². The Morgan fingerprint density at radius 3 is 2.59 bits per heavy atom. The van der Waals surface area contributed by atoms with Gasteiger partial charge >= 0.3 is 0 Å². The number of hydrogen-bond donors (Lipinski definition) is 2. The molecule has 5 heteroatoms. The highest BCUT2D eigenvalue weighted by molar-refractivity contribution is 5.79. The maximum atomic E-state index is 12.8. The second kappa shape index (κ2) is 12.0. The highest BCUT2D eigenvalue weighted by atomic mass is 19.1. The number of benzene rings is 1. The number of unbranched alkanes of at least 4 members (excludes halogenated alkanes) is 1. The van der Waals surface area contributed by atoms with Gasteiger partial charge in [-0.25, -0.2) is 4.39 Å². The van der Waals surface area contributed by atoms with E-state index in [9.17, 15) is 4.39 Å². The molecule has 0 aliphatic carbocycles. The Bertz CT molecular complexity index is 420. The quantitative estimate of drug-likeness (QED) is 0.397. The van der Waals surface area contributed by atoms with E-state index in [0.717, 1.165) is 50.5 Å². The van der Waals surface area contributed by atoms with Crippen LogP contribution in [-0.4, -0.2) is 38.8 Å². The summed E-state index contributed by atoms with van der Waals surface area (Å²) >= 11 is 0. The van der Waals surface area contributed by atoms with Crippen LogP contribution in [-0.2, 0) is 11.2 Å². The van der Waals surface area contributed by atoms with Gasteiger partial charge < -0.3 is 15.4 Å². The van der Waals surface area contributed by atoms with E-state index < -0.39 is 0 Å². The monoisotopic (exact) mass is 309 g/mol. The Labute approximate surface area is 133 Å². The second-order valence-corrected chi connectivity index (χ2v) is 5.03. The Morgan fingerprint density at radius 1 is 1.14 bits per heavy atom. The molecule has 0 radical (unpaired) electrons. The van der Waals surface area contributed by atoms with E-state index in [1.807, 2.05) is 19.1 Å². The maximum Gasteiger partial charge on any atom is 0.191 e. The molecule has 0 heterocycles. The van der Waals surface area contributed by atoms with Crippen LogP contribution in [0.5, 0.6) is 0 Å². The summed E-state index contributed by atoms with van der Waals surface area (Å²) < 4.78 is 18.3. The summed E-state index contributed by atoms with van der Waals surface area (Å²) in [4.78, 5) is 4.47. The number of rotatable bonds is 10. The predicted molar refractivity (Wildman–Crippen MR) is 89.8 cm³/mol. The summed E-state index contributed by atoms with van der Waals surface area (Å²) in [6, 6.07) is 6.59. The normalized spacial score (nSPS) is 11.5. The minimum Gasteiger partial charge on any atom is -0.380 e. The van der Waals surface area contributed by atoms with Gasteiger partial charge in [0.15, 0.2) is 5.96 Å². The molecule has 0 spiro atoms. The Kier molecular flexibility index (Phi) is 10.0. The Balaban J connectivity index is 2.25. The van der Waals surface area contributed by atoms with Gasteiger partial charge in [0.1, 0.15) is 5.82 Å². The molecular weight excluding hydrogens is 281 g/mol. The van der Waals surface area contributed by atoms with Gasteiger partial charge in [-0.1, -0.05) is 25.5 Å². The average molecular weight is 309 g/mol. The zero-order chi connectivity index (χ0) is 16.0. The standard InChI is InChI=1S/C17H28FN3O/c1-3-5-13-22-14-12-21-17(19-4-2)20-11-10-15-6-8-16(18)9-7-15/h6-9H,3-5,10-14H2,1-2H3,(H2,19,20,21). The maximum absolute atomic E-state index is 12.8. The zero-order valence-electron chi connectivity index (χ0n) is 13.7. The first kappa shape index (κ1) is 18.4. The number of ether oxygens (including phenoxy) is 1. The molecule has 22 heavy (non-hydrogen) atoms. The number of aliphatic imine (C=N–C) groups is 1. The van der Waals surface area contributed by atoms with Crippen LogP contribution < -0.4 is 10.6 Å². The van der Waals surface area contributed by atoms with Crippen LogP contribution in [0.25, 0.3) is 0 Å². The van der Waals surface area contributed by atoms with E-state index in [1.54, 1.807) is 0 Å². The fraction of sp³-hybridized carbons (Fsp3) is 0.588. The lowest BCUT2D eigenvalue weighted by molar-refractivity contribution is 0.139. The summed E-state index contributed by atoms with van der Waals surface area (Å²) in [6.45, 7) is 7.86. The highest BCUT2D eigenvalue weighted by Gasteiger charge is 1.98. The van der Waals surface area contributed by atoms with Gasteiger partial charge in [0, 0.05) is 19.7 Å². The average Bonchev–Trinajstić information content (AvgIpc) is 2.52. The molecule has 0 aliphatic heterocycles. The zero-order valence-corrected chi connectivity index (χ0v) is 13.7. The van der Waals surface area contributed by atoms with Gasteiger partial charge in [0.05, 0.1) is 13.2 Å². The van der Waals surface area contributed by atoms with Crippen LogP contribution in [0.2, 0.25) is 0 Å². The molecule has 0 amide bonds. The fourth-order valence-electron chi connectivity index (χ4n) is 1.89. The van der Waals surface area contributed by atoms with Crippen LogP contribution in [0.15, 0.2) is 29.3 Å². The number of nitrogens with one attached hydrogen (secondary N) is 2. The van der Waals surface area contributed by atoms with E-state index in [2.05, 4.69) is 22.5 Å². The van der Waals surface area contributed by atoms with Crippen LogP contribution >= 0.6 is 0 Å². The molecule has 4 nitrogen and oxygen atoms in total. The van der Waals surface area contributed by atoms with Crippen molar-refractivity contribution in [2.75, 3.05) is 32.8 Å². The van der Waals surface area contributed by atoms with E-state index in [0.29, 0.717) is 13.2 Å². The first-order valence-corrected chi connectivity index (χ1v) is 8.10. The number of halogens is 1. The van der Waals surface area contributed by atoms with Crippen molar-refractivity contribution in [1.82, 2.24) is 10.6 Å². The molecule has 0 fully saturated rings. The van der Waals surface area contributed by atoms with Gasteiger partial charge in [-0.05, 0) is 37.5 Å². The van der Waals surface area contributed by atoms with Crippen molar-refractivity contribution < 1.29 is 9.13 Å². The van der Waals surface area contributed by atoms with Crippen molar-refractivity contribution in [2.24, 2.45) is 4.99 Å². The summed E-state index contributed by atoms with van der Waals surface area (Å²) in [5.74, 6) is 0.596. The molecule has 0 unspecified atom stereocenters. The molecule has 2 N–H and O–H groups in total. The van der Waals surface area contributed by atoms with Gasteiger partial charge in [-0.2, -0.15) is 0 Å². The van der Waals surface area contributed by atoms with E-state index >= 15 is 0 Å². The molecule has 0 aliphatic rings. The largest absolute Gasteiger partial charge is 0.380 e.